The smallest absolute Gasteiger partial charge is 0.320 e. The van der Waals surface area contributed by atoms with E-state index in [-0.39, 0.29) is 5.92 Å². The minimum atomic E-state index is -0.913. The van der Waals surface area contributed by atoms with Crippen LogP contribution in [0.3, 0.4) is 0 Å². The van der Waals surface area contributed by atoms with Crippen LogP contribution in [-0.4, -0.2) is 22.9 Å². The molecule has 1 aliphatic rings. The summed E-state index contributed by atoms with van der Waals surface area (Å²) in [6.45, 7) is 3.76. The molecule has 0 saturated carbocycles. The second-order valence-corrected chi connectivity index (χ2v) is 4.83. The van der Waals surface area contributed by atoms with Crippen molar-refractivity contribution in [2.24, 2.45) is 11.7 Å². The normalized spacial score (nSPS) is 16.1. The van der Waals surface area contributed by atoms with Crippen molar-refractivity contribution in [2.45, 2.75) is 39.2 Å². The number of aryl methyl sites for hydroxylation is 1. The molecule has 1 aliphatic carbocycles. The van der Waals surface area contributed by atoms with Gasteiger partial charge in [-0.1, -0.05) is 44.5 Å². The number of fused-ring (bicyclic) bond motifs is 1. The van der Waals surface area contributed by atoms with E-state index in [2.05, 4.69) is 0 Å². The van der Waals surface area contributed by atoms with E-state index in [9.17, 15) is 9.59 Å². The monoisotopic (exact) mass is 263 g/mol. The third-order valence-corrected chi connectivity index (χ3v) is 3.48. The number of carboxylic acid groups (broad SMARTS) is 1. The SMILES string of the molecule is CC[C@H](C)[C@H](N)C(=O)O.O=C1CCc2ccccc21. The lowest BCUT2D eigenvalue weighted by Crippen LogP contribution is -2.36. The van der Waals surface area contributed by atoms with E-state index < -0.39 is 12.0 Å². The Labute approximate surface area is 113 Å². The van der Waals surface area contributed by atoms with Gasteiger partial charge in [-0.2, -0.15) is 0 Å². The Bertz CT molecular complexity index is 456. The molecule has 0 radical (unpaired) electrons. The Kier molecular flexibility index (Phi) is 5.70. The maximum atomic E-state index is 11.1. The van der Waals surface area contributed by atoms with Gasteiger partial charge in [-0.3, -0.25) is 9.59 Å². The Balaban J connectivity index is 0.000000192. The van der Waals surface area contributed by atoms with Crippen LogP contribution in [0.4, 0.5) is 0 Å². The highest BCUT2D eigenvalue weighted by Crippen LogP contribution is 2.20. The largest absolute Gasteiger partial charge is 0.480 e. The Morgan fingerprint density at radius 1 is 1.37 bits per heavy atom. The predicted molar refractivity (Wildman–Crippen MR) is 74.2 cm³/mol. The molecule has 1 aromatic rings. The molecule has 4 heteroatoms. The molecule has 2 rings (SSSR count). The number of rotatable bonds is 3. The number of hydrogen-bond donors (Lipinski definition) is 2. The molecule has 0 saturated heterocycles. The van der Waals surface area contributed by atoms with Gasteiger partial charge in [0.25, 0.3) is 0 Å². The van der Waals surface area contributed by atoms with Crippen molar-refractivity contribution in [1.29, 1.82) is 0 Å². The van der Waals surface area contributed by atoms with Crippen LogP contribution >= 0.6 is 0 Å². The van der Waals surface area contributed by atoms with Crippen molar-refractivity contribution >= 4 is 11.8 Å². The summed E-state index contributed by atoms with van der Waals surface area (Å²) in [4.78, 5) is 21.2. The van der Waals surface area contributed by atoms with Crippen LogP contribution in [-0.2, 0) is 11.2 Å². The van der Waals surface area contributed by atoms with Gasteiger partial charge < -0.3 is 10.8 Å². The minimum Gasteiger partial charge on any atom is -0.480 e. The Morgan fingerprint density at radius 2 is 2.00 bits per heavy atom. The Hall–Kier alpha value is -1.68. The quantitative estimate of drug-likeness (QED) is 0.876. The summed E-state index contributed by atoms with van der Waals surface area (Å²) in [5, 5.41) is 8.36. The van der Waals surface area contributed by atoms with E-state index in [0.29, 0.717) is 12.2 Å². The molecule has 1 aromatic carbocycles. The molecule has 104 valence electrons. The van der Waals surface area contributed by atoms with Crippen molar-refractivity contribution in [1.82, 2.24) is 0 Å². The number of aliphatic carboxylic acids is 1. The first kappa shape index (κ1) is 15.4. The summed E-state index contributed by atoms with van der Waals surface area (Å²) >= 11 is 0. The summed E-state index contributed by atoms with van der Waals surface area (Å²) < 4.78 is 0. The fraction of sp³-hybridized carbons (Fsp3) is 0.467. The number of benzene rings is 1. The van der Waals surface area contributed by atoms with Gasteiger partial charge in [-0.05, 0) is 17.9 Å². The van der Waals surface area contributed by atoms with Crippen LogP contribution in [0.5, 0.6) is 0 Å². The zero-order valence-corrected chi connectivity index (χ0v) is 11.4. The van der Waals surface area contributed by atoms with Crippen molar-refractivity contribution in [3.05, 3.63) is 35.4 Å². The average molecular weight is 263 g/mol. The summed E-state index contributed by atoms with van der Waals surface area (Å²) in [6.07, 6.45) is 2.46. The third-order valence-electron chi connectivity index (χ3n) is 3.48. The molecule has 0 aliphatic heterocycles. The second-order valence-electron chi connectivity index (χ2n) is 4.83. The molecule has 0 fully saturated rings. The standard InChI is InChI=1S/C9H8O.C6H13NO2/c10-9-6-5-7-3-1-2-4-8(7)9;1-3-4(2)5(7)6(8)9/h1-4H,5-6H2;4-5H,3,7H2,1-2H3,(H,8,9)/t;4-,5-/m.0/s1. The summed E-state index contributed by atoms with van der Waals surface area (Å²) in [7, 11) is 0. The lowest BCUT2D eigenvalue weighted by atomic mass is 10.0. The average Bonchev–Trinajstić information content (AvgIpc) is 2.80. The molecular formula is C15H21NO3. The summed E-state index contributed by atoms with van der Waals surface area (Å²) in [6, 6.07) is 7.14. The predicted octanol–water partition coefficient (Wildman–Crippen LogP) is 2.26. The van der Waals surface area contributed by atoms with E-state index in [0.717, 1.165) is 18.4 Å². The van der Waals surface area contributed by atoms with Crippen LogP contribution in [0.1, 0.15) is 42.6 Å². The van der Waals surface area contributed by atoms with Crippen LogP contribution < -0.4 is 5.73 Å². The zero-order valence-electron chi connectivity index (χ0n) is 11.4. The molecule has 2 atom stereocenters. The van der Waals surface area contributed by atoms with Gasteiger partial charge in [0.05, 0.1) is 0 Å². The second kappa shape index (κ2) is 7.04. The van der Waals surface area contributed by atoms with E-state index in [1.807, 2.05) is 38.1 Å². The zero-order chi connectivity index (χ0) is 14.4. The van der Waals surface area contributed by atoms with E-state index in [4.69, 9.17) is 10.8 Å². The van der Waals surface area contributed by atoms with Crippen LogP contribution in [0.25, 0.3) is 0 Å². The fourth-order valence-corrected chi connectivity index (χ4v) is 1.89. The van der Waals surface area contributed by atoms with Crippen LogP contribution in [0.2, 0.25) is 0 Å². The molecule has 0 bridgehead atoms. The summed E-state index contributed by atoms with van der Waals surface area (Å²) in [5.74, 6) is -0.539. The molecule has 3 N–H and O–H groups in total. The molecule has 0 aromatic heterocycles. The molecule has 0 amide bonds. The van der Waals surface area contributed by atoms with Gasteiger partial charge >= 0.3 is 5.97 Å². The first-order valence-electron chi connectivity index (χ1n) is 6.56. The number of carbonyl (C=O) groups is 2. The van der Waals surface area contributed by atoms with E-state index in [1.54, 1.807) is 0 Å². The van der Waals surface area contributed by atoms with Crippen molar-refractivity contribution < 1.29 is 14.7 Å². The minimum absolute atomic E-state index is 0.0718. The number of ketones is 1. The maximum absolute atomic E-state index is 11.1. The maximum Gasteiger partial charge on any atom is 0.320 e. The topological polar surface area (TPSA) is 80.4 Å². The van der Waals surface area contributed by atoms with Gasteiger partial charge in [-0.25, -0.2) is 0 Å². The molecule has 0 heterocycles. The van der Waals surface area contributed by atoms with Crippen LogP contribution in [0, 0.1) is 5.92 Å². The number of nitrogens with two attached hydrogens (primary N) is 1. The van der Waals surface area contributed by atoms with E-state index in [1.165, 1.54) is 5.56 Å². The van der Waals surface area contributed by atoms with Crippen LogP contribution in [0.15, 0.2) is 24.3 Å². The van der Waals surface area contributed by atoms with Gasteiger partial charge in [0.15, 0.2) is 5.78 Å². The number of Topliss-reactive ketones (excluding diaryl/α,β-unsaturated/α-hetero) is 1. The number of hydrogen-bond acceptors (Lipinski definition) is 3. The summed E-state index contributed by atoms with van der Waals surface area (Å²) in [5.41, 5.74) is 7.42. The first-order chi connectivity index (χ1) is 8.97. The lowest BCUT2D eigenvalue weighted by Gasteiger charge is -2.11. The molecule has 0 spiro atoms. The van der Waals surface area contributed by atoms with E-state index >= 15 is 0 Å². The van der Waals surface area contributed by atoms with Gasteiger partial charge in [-0.15, -0.1) is 0 Å². The third kappa shape index (κ3) is 4.17. The lowest BCUT2D eigenvalue weighted by molar-refractivity contribution is -0.139. The van der Waals surface area contributed by atoms with Gasteiger partial charge in [0.1, 0.15) is 6.04 Å². The highest BCUT2D eigenvalue weighted by Gasteiger charge is 2.17. The molecule has 19 heavy (non-hydrogen) atoms. The van der Waals surface area contributed by atoms with Crippen molar-refractivity contribution in [3.8, 4) is 0 Å². The van der Waals surface area contributed by atoms with Gasteiger partial charge in [0.2, 0.25) is 0 Å². The molecular weight excluding hydrogens is 242 g/mol. The number of carboxylic acids is 1. The van der Waals surface area contributed by atoms with Gasteiger partial charge in [0, 0.05) is 12.0 Å². The highest BCUT2D eigenvalue weighted by atomic mass is 16.4. The Morgan fingerprint density at radius 3 is 2.47 bits per heavy atom. The highest BCUT2D eigenvalue weighted by molar-refractivity contribution is 6.00. The van der Waals surface area contributed by atoms with Crippen molar-refractivity contribution in [3.63, 3.8) is 0 Å². The van der Waals surface area contributed by atoms with Crippen molar-refractivity contribution in [2.75, 3.05) is 0 Å². The molecule has 4 nitrogen and oxygen atoms in total. The molecule has 0 unspecified atom stereocenters. The number of carbonyl (C=O) groups excluding carboxylic acids is 1. The fourth-order valence-electron chi connectivity index (χ4n) is 1.89. The first-order valence-corrected chi connectivity index (χ1v) is 6.56.